The summed E-state index contributed by atoms with van der Waals surface area (Å²) in [6.45, 7) is 0. The minimum absolute atomic E-state index is 0.731. The molecule has 0 atom stereocenters. The first-order valence-electron chi connectivity index (χ1n) is 24.0. The molecule has 3 heteroatoms. The molecule has 0 fully saturated rings. The highest BCUT2D eigenvalue weighted by Crippen LogP contribution is 2.35. The third-order valence-electron chi connectivity index (χ3n) is 12.3. The molecule has 10 rings (SSSR count). The Morgan fingerprint density at radius 2 is 0.380 bits per heavy atom. The summed E-state index contributed by atoms with van der Waals surface area (Å²) in [5.41, 5.74) is 15.3. The van der Waals surface area contributed by atoms with Crippen molar-refractivity contribution in [3.8, 4) is 11.5 Å². The molecule has 0 amide bonds. The van der Waals surface area contributed by atoms with Crippen molar-refractivity contribution < 1.29 is 4.74 Å². The maximum atomic E-state index is 6.63. The Morgan fingerprint density at radius 3 is 0.549 bits per heavy atom. The van der Waals surface area contributed by atoms with E-state index in [0.717, 1.165) is 89.7 Å². The molecule has 0 N–H and O–H groups in total. The van der Waals surface area contributed by atoms with Crippen LogP contribution in [0.1, 0.15) is 44.5 Å². The first-order chi connectivity index (χ1) is 35.2. The SMILES string of the molecule is C(=C(c1ccccc1)c1ccccc1)N(C=C(c1ccccc1)c1ccccc1)c1ccc(Oc2ccc(N(C=C(c3ccccc3)c3ccccc3)C=C(c3ccccc3)c3ccccc3)cc2)cc1. The zero-order valence-corrected chi connectivity index (χ0v) is 39.3. The van der Waals surface area contributed by atoms with Gasteiger partial charge in [0.25, 0.3) is 0 Å². The van der Waals surface area contributed by atoms with E-state index < -0.39 is 0 Å². The Balaban J connectivity index is 1.02. The predicted molar refractivity (Wildman–Crippen MR) is 298 cm³/mol. The fourth-order valence-electron chi connectivity index (χ4n) is 8.64. The quantitative estimate of drug-likeness (QED) is 0.0961. The summed E-state index contributed by atoms with van der Waals surface area (Å²) in [7, 11) is 0. The van der Waals surface area contributed by atoms with Crippen LogP contribution in [0.15, 0.2) is 316 Å². The normalized spacial score (nSPS) is 10.5. The zero-order chi connectivity index (χ0) is 47.9. The van der Waals surface area contributed by atoms with Crippen molar-refractivity contribution in [2.45, 2.75) is 0 Å². The van der Waals surface area contributed by atoms with E-state index in [-0.39, 0.29) is 0 Å². The van der Waals surface area contributed by atoms with Gasteiger partial charge in [0.15, 0.2) is 0 Å². The van der Waals surface area contributed by atoms with Gasteiger partial charge >= 0.3 is 0 Å². The molecule has 10 aromatic rings. The number of ether oxygens (including phenoxy) is 1. The number of nitrogens with zero attached hydrogens (tertiary/aromatic N) is 2. The molecule has 0 aliphatic heterocycles. The van der Waals surface area contributed by atoms with E-state index in [1.54, 1.807) is 0 Å². The van der Waals surface area contributed by atoms with Crippen LogP contribution in [0.5, 0.6) is 11.5 Å². The minimum atomic E-state index is 0.731. The van der Waals surface area contributed by atoms with Crippen LogP contribution >= 0.6 is 0 Å². The van der Waals surface area contributed by atoms with Crippen molar-refractivity contribution in [2.24, 2.45) is 0 Å². The van der Waals surface area contributed by atoms with Crippen LogP contribution < -0.4 is 14.5 Å². The summed E-state index contributed by atoms with van der Waals surface area (Å²) < 4.78 is 6.63. The lowest BCUT2D eigenvalue weighted by Crippen LogP contribution is -2.11. The molecular weight excluding hydrogens is 861 g/mol. The predicted octanol–water partition coefficient (Wildman–Crippen LogP) is 17.4. The molecule has 0 heterocycles. The van der Waals surface area contributed by atoms with E-state index in [9.17, 15) is 0 Å². The summed E-state index contributed by atoms with van der Waals surface area (Å²) in [5.74, 6) is 1.46. The number of benzene rings is 10. The maximum Gasteiger partial charge on any atom is 0.127 e. The molecular formula is C68H52N2O. The van der Waals surface area contributed by atoms with Gasteiger partial charge in [0, 0.05) is 58.5 Å². The molecule has 0 unspecified atom stereocenters. The number of rotatable bonds is 16. The smallest absolute Gasteiger partial charge is 0.127 e. The van der Waals surface area contributed by atoms with Crippen molar-refractivity contribution in [1.29, 1.82) is 0 Å². The fourth-order valence-corrected chi connectivity index (χ4v) is 8.64. The summed E-state index contributed by atoms with van der Waals surface area (Å²) in [4.78, 5) is 4.47. The van der Waals surface area contributed by atoms with Crippen LogP contribution in [-0.2, 0) is 0 Å². The summed E-state index contributed by atoms with van der Waals surface area (Å²) >= 11 is 0. The van der Waals surface area contributed by atoms with Crippen LogP contribution in [0.4, 0.5) is 11.4 Å². The van der Waals surface area contributed by atoms with Crippen LogP contribution in [0.2, 0.25) is 0 Å². The van der Waals surface area contributed by atoms with Crippen molar-refractivity contribution in [2.75, 3.05) is 9.80 Å². The summed E-state index contributed by atoms with van der Waals surface area (Å²) in [5, 5.41) is 0. The second-order valence-corrected chi connectivity index (χ2v) is 17.0. The molecule has 0 spiro atoms. The molecule has 0 aromatic heterocycles. The molecule has 71 heavy (non-hydrogen) atoms. The summed E-state index contributed by atoms with van der Waals surface area (Å²) in [6, 6.07) is 101. The summed E-state index contributed by atoms with van der Waals surface area (Å²) in [6.07, 6.45) is 8.95. The van der Waals surface area contributed by atoms with Gasteiger partial charge in [0.2, 0.25) is 0 Å². The number of hydrogen-bond donors (Lipinski definition) is 0. The third kappa shape index (κ3) is 11.5. The standard InChI is InChI=1S/C68H52N2O/c1-9-25-53(26-10-1)65(54-27-11-2-12-28-54)49-69(50-66(55-29-13-3-14-30-55)56-31-15-4-16-32-56)61-41-45-63(46-42-61)71-64-47-43-62(44-48-64)70(51-67(57-33-17-5-18-34-57)58-35-19-6-20-36-58)52-68(59-37-21-7-22-38-59)60-39-23-8-24-40-60/h1-52H. The van der Waals surface area contributed by atoms with Gasteiger partial charge < -0.3 is 14.5 Å². The minimum Gasteiger partial charge on any atom is -0.457 e. The van der Waals surface area contributed by atoms with Gasteiger partial charge in [-0.25, -0.2) is 0 Å². The van der Waals surface area contributed by atoms with Crippen LogP contribution in [-0.4, -0.2) is 0 Å². The molecule has 10 aromatic carbocycles. The molecule has 0 saturated heterocycles. The van der Waals surface area contributed by atoms with Crippen LogP contribution in [0, 0.1) is 0 Å². The zero-order valence-electron chi connectivity index (χ0n) is 39.3. The first-order valence-corrected chi connectivity index (χ1v) is 24.0. The van der Waals surface area contributed by atoms with Gasteiger partial charge in [-0.15, -0.1) is 0 Å². The second-order valence-electron chi connectivity index (χ2n) is 17.0. The Morgan fingerprint density at radius 1 is 0.211 bits per heavy atom. The number of hydrogen-bond acceptors (Lipinski definition) is 3. The van der Waals surface area contributed by atoms with E-state index in [4.69, 9.17) is 4.74 Å². The van der Waals surface area contributed by atoms with Gasteiger partial charge in [-0.05, 0) is 93.0 Å². The molecule has 340 valence electrons. The highest BCUT2D eigenvalue weighted by molar-refractivity contribution is 5.87. The van der Waals surface area contributed by atoms with Crippen LogP contribution in [0.3, 0.4) is 0 Å². The lowest BCUT2D eigenvalue weighted by molar-refractivity contribution is 0.483. The van der Waals surface area contributed by atoms with Crippen molar-refractivity contribution in [3.05, 3.63) is 360 Å². The van der Waals surface area contributed by atoms with Gasteiger partial charge in [0.05, 0.1) is 0 Å². The van der Waals surface area contributed by atoms with Gasteiger partial charge in [0.1, 0.15) is 11.5 Å². The average molecular weight is 913 g/mol. The fraction of sp³-hybridized carbons (Fsp3) is 0. The van der Waals surface area contributed by atoms with Crippen molar-refractivity contribution in [1.82, 2.24) is 0 Å². The lowest BCUT2D eigenvalue weighted by atomic mass is 9.97. The van der Waals surface area contributed by atoms with E-state index >= 15 is 0 Å². The highest BCUT2D eigenvalue weighted by atomic mass is 16.5. The van der Waals surface area contributed by atoms with E-state index in [1.165, 1.54) is 0 Å². The van der Waals surface area contributed by atoms with E-state index in [2.05, 4.69) is 302 Å². The van der Waals surface area contributed by atoms with Crippen molar-refractivity contribution >= 4 is 33.7 Å². The maximum absolute atomic E-state index is 6.63. The number of anilines is 2. The molecule has 0 saturated carbocycles. The topological polar surface area (TPSA) is 15.7 Å². The van der Waals surface area contributed by atoms with Gasteiger partial charge in [-0.3, -0.25) is 0 Å². The van der Waals surface area contributed by atoms with Gasteiger partial charge in [-0.2, -0.15) is 0 Å². The Labute approximate surface area is 418 Å². The third-order valence-corrected chi connectivity index (χ3v) is 12.3. The average Bonchev–Trinajstić information content (AvgIpc) is 3.45. The highest BCUT2D eigenvalue weighted by Gasteiger charge is 2.15. The Bertz CT molecular complexity index is 2770. The molecule has 0 radical (unpaired) electrons. The molecule has 3 nitrogen and oxygen atoms in total. The van der Waals surface area contributed by atoms with Gasteiger partial charge in [-0.1, -0.05) is 243 Å². The molecule has 0 aliphatic carbocycles. The second kappa shape index (κ2) is 22.6. The van der Waals surface area contributed by atoms with Crippen LogP contribution in [0.25, 0.3) is 22.3 Å². The van der Waals surface area contributed by atoms with E-state index in [0.29, 0.717) is 0 Å². The molecule has 0 bridgehead atoms. The van der Waals surface area contributed by atoms with Crippen molar-refractivity contribution in [3.63, 3.8) is 0 Å². The Hall–Kier alpha value is -9.44. The largest absolute Gasteiger partial charge is 0.457 e. The van der Waals surface area contributed by atoms with E-state index in [1.807, 2.05) is 24.3 Å². The monoisotopic (exact) mass is 912 g/mol. The lowest BCUT2D eigenvalue weighted by Gasteiger charge is -2.23. The molecule has 0 aliphatic rings. The Kier molecular flexibility index (Phi) is 14.4. The first kappa shape index (κ1) is 45.3.